The van der Waals surface area contributed by atoms with E-state index in [0.717, 1.165) is 31.5 Å². The van der Waals surface area contributed by atoms with Gasteiger partial charge in [-0.2, -0.15) is 0 Å². The molecule has 1 N–H and O–H groups in total. The fourth-order valence-electron chi connectivity index (χ4n) is 1.64. The van der Waals surface area contributed by atoms with Gasteiger partial charge in [-0.25, -0.2) is 9.78 Å². The van der Waals surface area contributed by atoms with E-state index in [0.29, 0.717) is 5.69 Å². The van der Waals surface area contributed by atoms with Crippen LogP contribution < -0.4 is 4.90 Å². The number of anilines is 1. The van der Waals surface area contributed by atoms with Crippen molar-refractivity contribution >= 4 is 11.7 Å². The highest BCUT2D eigenvalue weighted by Gasteiger charge is 2.09. The highest BCUT2D eigenvalue weighted by atomic mass is 16.5. The largest absolute Gasteiger partial charge is 0.464 e. The summed E-state index contributed by atoms with van der Waals surface area (Å²) in [5, 5.41) is 8.70. The number of pyridine rings is 1. The summed E-state index contributed by atoms with van der Waals surface area (Å²) in [6.07, 6.45) is 4.44. The molecule has 0 fully saturated rings. The molecular formula is C13H20N2O3. The number of aromatic nitrogens is 1. The minimum Gasteiger partial charge on any atom is -0.464 e. The number of esters is 1. The van der Waals surface area contributed by atoms with Crippen molar-refractivity contribution in [1.29, 1.82) is 0 Å². The van der Waals surface area contributed by atoms with Gasteiger partial charge in [0.2, 0.25) is 0 Å². The van der Waals surface area contributed by atoms with Crippen molar-refractivity contribution in [2.24, 2.45) is 0 Å². The predicted molar refractivity (Wildman–Crippen MR) is 69.8 cm³/mol. The van der Waals surface area contributed by atoms with E-state index in [1.165, 1.54) is 7.11 Å². The number of carbonyl (C=O) groups is 1. The van der Waals surface area contributed by atoms with Gasteiger partial charge >= 0.3 is 5.97 Å². The van der Waals surface area contributed by atoms with Crippen LogP contribution in [0.2, 0.25) is 0 Å². The van der Waals surface area contributed by atoms with Crippen molar-refractivity contribution in [3.8, 4) is 0 Å². The summed E-state index contributed by atoms with van der Waals surface area (Å²) in [7, 11) is 3.31. The first-order chi connectivity index (χ1) is 8.69. The van der Waals surface area contributed by atoms with Crippen LogP contribution in [0.3, 0.4) is 0 Å². The zero-order valence-electron chi connectivity index (χ0n) is 10.9. The third-order valence-corrected chi connectivity index (χ3v) is 2.73. The van der Waals surface area contributed by atoms with Crippen LogP contribution >= 0.6 is 0 Å². The molecule has 0 aliphatic heterocycles. The van der Waals surface area contributed by atoms with Gasteiger partial charge in [-0.15, -0.1) is 0 Å². The minimum absolute atomic E-state index is 0.242. The van der Waals surface area contributed by atoms with Gasteiger partial charge in [0.25, 0.3) is 0 Å². The van der Waals surface area contributed by atoms with Crippen LogP contribution in [-0.4, -0.2) is 43.4 Å². The Labute approximate surface area is 107 Å². The van der Waals surface area contributed by atoms with Crippen LogP contribution in [-0.2, 0) is 4.74 Å². The van der Waals surface area contributed by atoms with Gasteiger partial charge in [0.15, 0.2) is 0 Å². The number of carbonyl (C=O) groups excluding carboxylic acids is 1. The van der Waals surface area contributed by atoms with E-state index < -0.39 is 5.97 Å². The number of aliphatic hydroxyl groups excluding tert-OH is 1. The maximum absolute atomic E-state index is 11.4. The molecule has 1 aromatic rings. The maximum Gasteiger partial charge on any atom is 0.356 e. The predicted octanol–water partition coefficient (Wildman–Crippen LogP) is 1.47. The Kier molecular flexibility index (Phi) is 6.14. The number of hydrogen-bond donors (Lipinski definition) is 1. The van der Waals surface area contributed by atoms with E-state index in [1.807, 2.05) is 13.1 Å². The van der Waals surface area contributed by atoms with Gasteiger partial charge in [-0.3, -0.25) is 0 Å². The zero-order valence-corrected chi connectivity index (χ0v) is 10.9. The molecule has 0 aromatic carbocycles. The average molecular weight is 252 g/mol. The maximum atomic E-state index is 11.4. The van der Waals surface area contributed by atoms with Crippen LogP contribution in [0.15, 0.2) is 18.3 Å². The summed E-state index contributed by atoms with van der Waals surface area (Å²) < 4.78 is 4.64. The number of nitrogens with zero attached hydrogens (tertiary/aromatic N) is 2. The Morgan fingerprint density at radius 2 is 2.22 bits per heavy atom. The third kappa shape index (κ3) is 4.33. The molecule has 100 valence electrons. The summed E-state index contributed by atoms with van der Waals surface area (Å²) in [6, 6.07) is 3.58. The van der Waals surface area contributed by atoms with Gasteiger partial charge in [-0.1, -0.05) is 0 Å². The summed E-state index contributed by atoms with van der Waals surface area (Å²) >= 11 is 0. The Bertz CT molecular complexity index is 382. The van der Waals surface area contributed by atoms with E-state index >= 15 is 0 Å². The molecule has 18 heavy (non-hydrogen) atoms. The summed E-state index contributed by atoms with van der Waals surface area (Å²) in [4.78, 5) is 17.4. The van der Waals surface area contributed by atoms with Crippen LogP contribution in [0.25, 0.3) is 0 Å². The second-order valence-electron chi connectivity index (χ2n) is 4.10. The molecule has 1 heterocycles. The van der Waals surface area contributed by atoms with Crippen LogP contribution in [0.4, 0.5) is 5.69 Å². The molecule has 5 nitrogen and oxygen atoms in total. The average Bonchev–Trinajstić information content (AvgIpc) is 2.42. The number of hydrogen-bond acceptors (Lipinski definition) is 5. The number of rotatable bonds is 7. The molecule has 1 aromatic heterocycles. The smallest absolute Gasteiger partial charge is 0.356 e. The first kappa shape index (κ1) is 14.4. The molecule has 0 saturated carbocycles. The molecule has 0 amide bonds. The van der Waals surface area contributed by atoms with Gasteiger partial charge in [0.1, 0.15) is 5.69 Å². The number of aliphatic hydroxyl groups is 1. The molecule has 0 saturated heterocycles. The highest BCUT2D eigenvalue weighted by molar-refractivity contribution is 5.88. The fourth-order valence-corrected chi connectivity index (χ4v) is 1.64. The molecular weight excluding hydrogens is 232 g/mol. The van der Waals surface area contributed by atoms with E-state index in [4.69, 9.17) is 5.11 Å². The SMILES string of the molecule is COC(=O)c1cc(N(C)CCCCCO)ccn1. The Hall–Kier alpha value is -1.62. The lowest BCUT2D eigenvalue weighted by Crippen LogP contribution is -2.19. The Morgan fingerprint density at radius 1 is 1.44 bits per heavy atom. The van der Waals surface area contributed by atoms with Crippen LogP contribution in [0.5, 0.6) is 0 Å². The summed E-state index contributed by atoms with van der Waals surface area (Å²) in [5.74, 6) is -0.425. The zero-order chi connectivity index (χ0) is 13.4. The lowest BCUT2D eigenvalue weighted by molar-refractivity contribution is 0.0594. The minimum atomic E-state index is -0.425. The van der Waals surface area contributed by atoms with Crippen LogP contribution in [0, 0.1) is 0 Å². The Morgan fingerprint density at radius 3 is 2.89 bits per heavy atom. The second kappa shape index (κ2) is 7.66. The molecule has 1 rings (SSSR count). The molecule has 0 radical (unpaired) electrons. The summed E-state index contributed by atoms with van der Waals surface area (Å²) in [6.45, 7) is 1.12. The number of unbranched alkanes of at least 4 members (excludes halogenated alkanes) is 2. The first-order valence-corrected chi connectivity index (χ1v) is 6.05. The number of ether oxygens (including phenoxy) is 1. The topological polar surface area (TPSA) is 62.7 Å². The van der Waals surface area contributed by atoms with Crippen molar-refractivity contribution in [2.75, 3.05) is 32.2 Å². The molecule has 0 unspecified atom stereocenters. The van der Waals surface area contributed by atoms with Crippen molar-refractivity contribution in [1.82, 2.24) is 4.98 Å². The molecule has 5 heteroatoms. The molecule has 0 spiro atoms. The molecule has 0 bridgehead atoms. The van der Waals surface area contributed by atoms with E-state index in [-0.39, 0.29) is 6.61 Å². The van der Waals surface area contributed by atoms with Crippen LogP contribution in [0.1, 0.15) is 29.8 Å². The lowest BCUT2D eigenvalue weighted by atomic mass is 10.2. The standard InChI is InChI=1S/C13H20N2O3/c1-15(8-4-3-5-9-16)11-6-7-14-12(10-11)13(17)18-2/h6-7,10,16H,3-5,8-9H2,1-2H3. The van der Waals surface area contributed by atoms with E-state index in [1.54, 1.807) is 12.3 Å². The Balaban J connectivity index is 2.57. The van der Waals surface area contributed by atoms with Gasteiger partial charge in [0.05, 0.1) is 7.11 Å². The van der Waals surface area contributed by atoms with Gasteiger partial charge in [-0.05, 0) is 31.4 Å². The van der Waals surface area contributed by atoms with E-state index in [9.17, 15) is 4.79 Å². The van der Waals surface area contributed by atoms with Gasteiger partial charge in [0, 0.05) is 32.1 Å². The van der Waals surface area contributed by atoms with Gasteiger partial charge < -0.3 is 14.7 Å². The summed E-state index contributed by atoms with van der Waals surface area (Å²) in [5.41, 5.74) is 1.26. The lowest BCUT2D eigenvalue weighted by Gasteiger charge is -2.19. The van der Waals surface area contributed by atoms with Crippen molar-refractivity contribution in [3.63, 3.8) is 0 Å². The first-order valence-electron chi connectivity index (χ1n) is 6.05. The van der Waals surface area contributed by atoms with Crippen molar-refractivity contribution < 1.29 is 14.6 Å². The quantitative estimate of drug-likeness (QED) is 0.588. The van der Waals surface area contributed by atoms with E-state index in [2.05, 4.69) is 14.6 Å². The monoisotopic (exact) mass is 252 g/mol. The molecule has 0 atom stereocenters. The third-order valence-electron chi connectivity index (χ3n) is 2.73. The molecule has 0 aliphatic rings. The normalized spacial score (nSPS) is 10.2. The van der Waals surface area contributed by atoms with Crippen molar-refractivity contribution in [2.45, 2.75) is 19.3 Å². The second-order valence-corrected chi connectivity index (χ2v) is 4.10. The fraction of sp³-hybridized carbons (Fsp3) is 0.538. The number of methoxy groups -OCH3 is 1. The van der Waals surface area contributed by atoms with Crippen molar-refractivity contribution in [3.05, 3.63) is 24.0 Å². The highest BCUT2D eigenvalue weighted by Crippen LogP contribution is 2.14. The molecule has 0 aliphatic carbocycles.